The van der Waals surface area contributed by atoms with E-state index >= 15 is 0 Å². The molecule has 0 radical (unpaired) electrons. The number of carbonyl (C=O) groups excluding carboxylic acids is 1. The number of hydrogen-bond acceptors (Lipinski definition) is 3. The highest BCUT2D eigenvalue weighted by Gasteiger charge is 2.03. The predicted octanol–water partition coefficient (Wildman–Crippen LogP) is 1.45. The molecule has 1 fully saturated rings. The van der Waals surface area contributed by atoms with E-state index in [9.17, 15) is 4.79 Å². The fraction of sp³-hybridized carbons (Fsp3) is 0.909. The number of carbonyl (C=O) groups is 1. The van der Waals surface area contributed by atoms with Gasteiger partial charge in [0.05, 0.1) is 6.10 Å². The molecule has 0 aromatic heterocycles. The van der Waals surface area contributed by atoms with Crippen molar-refractivity contribution in [2.75, 3.05) is 20.1 Å². The van der Waals surface area contributed by atoms with Crippen molar-refractivity contribution in [3.05, 3.63) is 0 Å². The molecular weight excluding hydrogens is 178 g/mol. The van der Waals surface area contributed by atoms with Crippen molar-refractivity contribution in [3.8, 4) is 0 Å². The SMILES string of the molecule is CC(O)CCCC=O.CN1CCCC1. The molecule has 1 aliphatic rings. The van der Waals surface area contributed by atoms with Gasteiger partial charge in [-0.05, 0) is 52.7 Å². The van der Waals surface area contributed by atoms with Crippen LogP contribution in [0.4, 0.5) is 0 Å². The molecule has 3 nitrogen and oxygen atoms in total. The topological polar surface area (TPSA) is 40.5 Å². The van der Waals surface area contributed by atoms with Gasteiger partial charge in [-0.25, -0.2) is 0 Å². The van der Waals surface area contributed by atoms with Gasteiger partial charge in [0.15, 0.2) is 0 Å². The Labute approximate surface area is 87.1 Å². The standard InChI is InChI=1S/C6H12O2.C5H11N/c1-6(8)4-2-3-5-7;1-6-4-2-3-5-6/h5-6,8H,2-4H2,1H3;2-5H2,1H3. The van der Waals surface area contributed by atoms with Crippen LogP contribution in [0.5, 0.6) is 0 Å². The Kier molecular flexibility index (Phi) is 8.89. The van der Waals surface area contributed by atoms with Crippen LogP contribution in [0.3, 0.4) is 0 Å². The smallest absolute Gasteiger partial charge is 0.119 e. The summed E-state index contributed by atoms with van der Waals surface area (Å²) in [5, 5.41) is 8.66. The molecule has 0 bridgehead atoms. The van der Waals surface area contributed by atoms with Crippen LogP contribution in [-0.4, -0.2) is 42.5 Å². The number of rotatable bonds is 4. The molecule has 84 valence electrons. The maximum absolute atomic E-state index is 9.70. The summed E-state index contributed by atoms with van der Waals surface area (Å²) in [7, 11) is 2.17. The molecule has 1 N–H and O–H groups in total. The van der Waals surface area contributed by atoms with E-state index in [1.807, 2.05) is 0 Å². The summed E-state index contributed by atoms with van der Waals surface area (Å²) in [5.74, 6) is 0. The van der Waals surface area contributed by atoms with Gasteiger partial charge in [-0.3, -0.25) is 0 Å². The van der Waals surface area contributed by atoms with Crippen molar-refractivity contribution in [3.63, 3.8) is 0 Å². The minimum absolute atomic E-state index is 0.255. The summed E-state index contributed by atoms with van der Waals surface area (Å²) >= 11 is 0. The van der Waals surface area contributed by atoms with Crippen molar-refractivity contribution < 1.29 is 9.90 Å². The minimum Gasteiger partial charge on any atom is -0.393 e. The number of hydrogen-bond donors (Lipinski definition) is 1. The number of aldehydes is 1. The van der Waals surface area contributed by atoms with E-state index in [-0.39, 0.29) is 6.10 Å². The molecule has 1 rings (SSSR count). The Morgan fingerprint density at radius 3 is 2.29 bits per heavy atom. The third-order valence-corrected chi connectivity index (χ3v) is 2.27. The summed E-state index contributed by atoms with van der Waals surface area (Å²) in [6.45, 7) is 4.37. The fourth-order valence-corrected chi connectivity index (χ4v) is 1.37. The summed E-state index contributed by atoms with van der Waals surface area (Å²) in [5.41, 5.74) is 0. The molecule has 0 saturated carbocycles. The summed E-state index contributed by atoms with van der Waals surface area (Å²) in [6.07, 6.45) is 5.56. The molecule has 0 aromatic carbocycles. The van der Waals surface area contributed by atoms with Crippen LogP contribution in [-0.2, 0) is 4.79 Å². The Bertz CT molecular complexity index is 131. The van der Waals surface area contributed by atoms with E-state index in [0.29, 0.717) is 6.42 Å². The van der Waals surface area contributed by atoms with Crippen LogP contribution in [0.1, 0.15) is 39.0 Å². The van der Waals surface area contributed by atoms with Crippen molar-refractivity contribution in [1.82, 2.24) is 4.90 Å². The number of aliphatic hydroxyl groups is 1. The lowest BCUT2D eigenvalue weighted by Gasteiger charge is -2.01. The van der Waals surface area contributed by atoms with Crippen LogP contribution in [0.2, 0.25) is 0 Å². The second-order valence-corrected chi connectivity index (χ2v) is 3.96. The Morgan fingerprint density at radius 2 is 2.00 bits per heavy atom. The maximum Gasteiger partial charge on any atom is 0.119 e. The molecule has 1 unspecified atom stereocenters. The molecule has 1 aliphatic heterocycles. The number of aliphatic hydroxyl groups excluding tert-OH is 1. The van der Waals surface area contributed by atoms with Gasteiger partial charge >= 0.3 is 0 Å². The Balaban J connectivity index is 0.000000249. The van der Waals surface area contributed by atoms with Gasteiger partial charge in [-0.1, -0.05) is 0 Å². The third-order valence-electron chi connectivity index (χ3n) is 2.27. The number of nitrogens with zero attached hydrogens (tertiary/aromatic N) is 1. The van der Waals surface area contributed by atoms with Crippen molar-refractivity contribution in [2.24, 2.45) is 0 Å². The summed E-state index contributed by atoms with van der Waals surface area (Å²) in [6, 6.07) is 0. The first-order chi connectivity index (χ1) is 6.66. The summed E-state index contributed by atoms with van der Waals surface area (Å²) < 4.78 is 0. The van der Waals surface area contributed by atoms with E-state index in [4.69, 9.17) is 5.11 Å². The lowest BCUT2D eigenvalue weighted by Crippen LogP contribution is -2.10. The van der Waals surface area contributed by atoms with E-state index in [2.05, 4.69) is 11.9 Å². The largest absolute Gasteiger partial charge is 0.393 e. The van der Waals surface area contributed by atoms with Gasteiger partial charge in [0.25, 0.3) is 0 Å². The minimum atomic E-state index is -0.255. The van der Waals surface area contributed by atoms with E-state index in [0.717, 1.165) is 19.1 Å². The second-order valence-electron chi connectivity index (χ2n) is 3.96. The van der Waals surface area contributed by atoms with Gasteiger partial charge in [0, 0.05) is 6.42 Å². The monoisotopic (exact) mass is 201 g/mol. The maximum atomic E-state index is 9.70. The lowest BCUT2D eigenvalue weighted by atomic mass is 10.2. The van der Waals surface area contributed by atoms with Crippen LogP contribution in [0.25, 0.3) is 0 Å². The average Bonchev–Trinajstić information content (AvgIpc) is 2.57. The molecule has 0 aliphatic carbocycles. The highest BCUT2D eigenvalue weighted by molar-refractivity contribution is 5.48. The first-order valence-electron chi connectivity index (χ1n) is 5.47. The zero-order valence-corrected chi connectivity index (χ0v) is 9.41. The molecule has 3 heteroatoms. The zero-order valence-electron chi connectivity index (χ0n) is 9.41. The summed E-state index contributed by atoms with van der Waals surface area (Å²) in [4.78, 5) is 12.1. The lowest BCUT2D eigenvalue weighted by molar-refractivity contribution is -0.108. The first-order valence-corrected chi connectivity index (χ1v) is 5.47. The van der Waals surface area contributed by atoms with E-state index in [1.165, 1.54) is 25.9 Å². The zero-order chi connectivity index (χ0) is 10.8. The normalized spacial score (nSPS) is 18.5. The highest BCUT2D eigenvalue weighted by atomic mass is 16.3. The molecular formula is C11H23NO2. The molecule has 0 aromatic rings. The van der Waals surface area contributed by atoms with Crippen molar-refractivity contribution in [1.29, 1.82) is 0 Å². The van der Waals surface area contributed by atoms with Gasteiger partial charge in [0.2, 0.25) is 0 Å². The van der Waals surface area contributed by atoms with Crippen molar-refractivity contribution in [2.45, 2.75) is 45.1 Å². The van der Waals surface area contributed by atoms with Crippen molar-refractivity contribution >= 4 is 6.29 Å². The fourth-order valence-electron chi connectivity index (χ4n) is 1.37. The Hall–Kier alpha value is -0.410. The molecule has 1 atom stereocenters. The number of unbranched alkanes of at least 4 members (excludes halogenated alkanes) is 1. The second kappa shape index (κ2) is 9.16. The Morgan fingerprint density at radius 1 is 1.43 bits per heavy atom. The highest BCUT2D eigenvalue weighted by Crippen LogP contribution is 2.02. The first kappa shape index (κ1) is 13.6. The molecule has 1 heterocycles. The van der Waals surface area contributed by atoms with Gasteiger partial charge in [-0.2, -0.15) is 0 Å². The van der Waals surface area contributed by atoms with E-state index in [1.54, 1.807) is 6.92 Å². The van der Waals surface area contributed by atoms with Crippen LogP contribution in [0, 0.1) is 0 Å². The molecule has 0 amide bonds. The number of likely N-dealkylation sites (tertiary alicyclic amines) is 1. The van der Waals surface area contributed by atoms with Gasteiger partial charge in [-0.15, -0.1) is 0 Å². The van der Waals surface area contributed by atoms with Gasteiger partial charge < -0.3 is 14.8 Å². The van der Waals surface area contributed by atoms with Crippen LogP contribution >= 0.6 is 0 Å². The van der Waals surface area contributed by atoms with Gasteiger partial charge in [0.1, 0.15) is 6.29 Å². The third kappa shape index (κ3) is 9.68. The predicted molar refractivity (Wildman–Crippen MR) is 58.3 cm³/mol. The quantitative estimate of drug-likeness (QED) is 0.553. The molecule has 1 saturated heterocycles. The average molecular weight is 201 g/mol. The molecule has 0 spiro atoms. The molecule has 14 heavy (non-hydrogen) atoms. The van der Waals surface area contributed by atoms with Crippen LogP contribution in [0.15, 0.2) is 0 Å². The van der Waals surface area contributed by atoms with Crippen LogP contribution < -0.4 is 0 Å². The van der Waals surface area contributed by atoms with E-state index < -0.39 is 0 Å².